The van der Waals surface area contributed by atoms with Gasteiger partial charge in [-0.15, -0.1) is 5.10 Å². The van der Waals surface area contributed by atoms with Gasteiger partial charge in [0.15, 0.2) is 5.82 Å². The lowest BCUT2D eigenvalue weighted by atomic mass is 10.3. The molecule has 0 saturated carbocycles. The van der Waals surface area contributed by atoms with E-state index in [0.717, 1.165) is 6.92 Å². The predicted octanol–water partition coefficient (Wildman–Crippen LogP) is -1.01. The van der Waals surface area contributed by atoms with Gasteiger partial charge in [-0.1, -0.05) is 0 Å². The maximum atomic E-state index is 11.8. The Morgan fingerprint density at radius 1 is 1.33 bits per heavy atom. The molecule has 21 heavy (non-hydrogen) atoms. The van der Waals surface area contributed by atoms with Crippen molar-refractivity contribution in [3.8, 4) is 5.69 Å². The maximum Gasteiger partial charge on any atom is 0.264 e. The minimum atomic E-state index is -3.85. The highest BCUT2D eigenvalue weighted by atomic mass is 32.2. The van der Waals surface area contributed by atoms with E-state index < -0.39 is 15.9 Å². The van der Waals surface area contributed by atoms with Crippen molar-refractivity contribution in [2.45, 2.75) is 18.2 Å². The first kappa shape index (κ1) is 15.1. The number of rotatable bonds is 5. The zero-order valence-corrected chi connectivity index (χ0v) is 12.0. The Labute approximate surface area is 121 Å². The van der Waals surface area contributed by atoms with Gasteiger partial charge in [0.25, 0.3) is 10.0 Å². The van der Waals surface area contributed by atoms with Crippen molar-refractivity contribution in [2.24, 2.45) is 5.73 Å². The Bertz CT molecular complexity index is 738. The fourth-order valence-corrected chi connectivity index (χ4v) is 2.70. The van der Waals surface area contributed by atoms with Gasteiger partial charge in [-0.05, 0) is 41.2 Å². The molecule has 0 spiro atoms. The fourth-order valence-electron chi connectivity index (χ4n) is 1.71. The number of carbonyl (C=O) groups excluding carboxylic acids is 1. The largest absolute Gasteiger partial charge is 0.330 e. The zero-order chi connectivity index (χ0) is 15.5. The number of amides is 1. The molecule has 2 rings (SSSR count). The van der Waals surface area contributed by atoms with Gasteiger partial charge >= 0.3 is 0 Å². The van der Waals surface area contributed by atoms with E-state index in [0.29, 0.717) is 24.5 Å². The second-order valence-corrected chi connectivity index (χ2v) is 5.88. The number of aromatic nitrogens is 4. The number of nitrogens with two attached hydrogens (primary N) is 1. The highest BCUT2D eigenvalue weighted by molar-refractivity contribution is 7.90. The molecule has 112 valence electrons. The highest BCUT2D eigenvalue weighted by Gasteiger charge is 2.16. The van der Waals surface area contributed by atoms with E-state index in [1.807, 2.05) is 4.72 Å². The first-order valence-electron chi connectivity index (χ1n) is 6.05. The summed E-state index contributed by atoms with van der Waals surface area (Å²) in [5.74, 6) is -0.0697. The SMILES string of the molecule is CC(=O)NS(=O)(=O)c1ccc(-n2nnnc2CCN)cc1. The molecule has 1 aromatic heterocycles. The van der Waals surface area contributed by atoms with Crippen LogP contribution in [-0.2, 0) is 21.2 Å². The van der Waals surface area contributed by atoms with E-state index in [4.69, 9.17) is 5.73 Å². The number of sulfonamides is 1. The van der Waals surface area contributed by atoms with Gasteiger partial charge in [0.05, 0.1) is 10.6 Å². The summed E-state index contributed by atoms with van der Waals surface area (Å²) < 4.78 is 27.0. The Hall–Kier alpha value is -2.33. The summed E-state index contributed by atoms with van der Waals surface area (Å²) in [6.45, 7) is 1.53. The number of nitrogens with one attached hydrogen (secondary N) is 1. The highest BCUT2D eigenvalue weighted by Crippen LogP contribution is 2.14. The van der Waals surface area contributed by atoms with Crippen molar-refractivity contribution >= 4 is 15.9 Å². The van der Waals surface area contributed by atoms with Crippen molar-refractivity contribution in [3.63, 3.8) is 0 Å². The fraction of sp³-hybridized carbons (Fsp3) is 0.273. The second kappa shape index (κ2) is 5.97. The molecule has 0 aliphatic heterocycles. The second-order valence-electron chi connectivity index (χ2n) is 4.20. The van der Waals surface area contributed by atoms with Crippen LogP contribution in [0, 0.1) is 0 Å². The third-order valence-electron chi connectivity index (χ3n) is 2.57. The Kier molecular flexibility index (Phi) is 4.29. The van der Waals surface area contributed by atoms with Crippen LogP contribution in [0.15, 0.2) is 29.2 Å². The standard InChI is InChI=1S/C11H14N6O3S/c1-8(18)14-21(19,20)10-4-2-9(3-5-10)17-11(6-7-12)13-15-16-17/h2-5H,6-7,12H2,1H3,(H,14,18). The Morgan fingerprint density at radius 3 is 2.57 bits per heavy atom. The first-order valence-corrected chi connectivity index (χ1v) is 7.53. The molecule has 0 fully saturated rings. The molecule has 0 aliphatic rings. The number of carbonyl (C=O) groups is 1. The minimum absolute atomic E-state index is 0.0186. The molecule has 1 heterocycles. The summed E-state index contributed by atoms with van der Waals surface area (Å²) in [7, 11) is -3.85. The van der Waals surface area contributed by atoms with Crippen molar-refractivity contribution < 1.29 is 13.2 Å². The summed E-state index contributed by atoms with van der Waals surface area (Å²) in [6.07, 6.45) is 0.499. The lowest BCUT2D eigenvalue weighted by Crippen LogP contribution is -2.28. The molecule has 1 amide bonds. The van der Waals surface area contributed by atoms with E-state index in [9.17, 15) is 13.2 Å². The van der Waals surface area contributed by atoms with Crippen LogP contribution in [0.1, 0.15) is 12.7 Å². The van der Waals surface area contributed by atoms with Crippen LogP contribution in [0.4, 0.5) is 0 Å². The van der Waals surface area contributed by atoms with Gasteiger partial charge < -0.3 is 5.73 Å². The third kappa shape index (κ3) is 3.41. The molecule has 2 aromatic rings. The maximum absolute atomic E-state index is 11.8. The van der Waals surface area contributed by atoms with Crippen LogP contribution in [-0.4, -0.2) is 41.1 Å². The lowest BCUT2D eigenvalue weighted by molar-refractivity contribution is -0.117. The molecule has 0 saturated heterocycles. The lowest BCUT2D eigenvalue weighted by Gasteiger charge is -2.07. The zero-order valence-electron chi connectivity index (χ0n) is 11.2. The number of benzene rings is 1. The summed E-state index contributed by atoms with van der Waals surface area (Å²) in [4.78, 5) is 10.9. The minimum Gasteiger partial charge on any atom is -0.330 e. The number of hydrogen-bond donors (Lipinski definition) is 2. The summed E-state index contributed by atoms with van der Waals surface area (Å²) in [5, 5.41) is 11.2. The van der Waals surface area contributed by atoms with Crippen LogP contribution >= 0.6 is 0 Å². The van der Waals surface area contributed by atoms with E-state index in [-0.39, 0.29) is 4.90 Å². The molecule has 0 radical (unpaired) electrons. The van der Waals surface area contributed by atoms with E-state index in [1.165, 1.54) is 16.8 Å². The average molecular weight is 310 g/mol. The average Bonchev–Trinajstić information content (AvgIpc) is 2.86. The molecule has 0 atom stereocenters. The normalized spacial score (nSPS) is 11.3. The van der Waals surface area contributed by atoms with Crippen LogP contribution in [0.2, 0.25) is 0 Å². The van der Waals surface area contributed by atoms with Gasteiger partial charge in [-0.3, -0.25) is 4.79 Å². The molecule has 1 aromatic carbocycles. The van der Waals surface area contributed by atoms with Gasteiger partial charge in [0.1, 0.15) is 0 Å². The number of hydrogen-bond acceptors (Lipinski definition) is 7. The third-order valence-corrected chi connectivity index (χ3v) is 4.02. The Morgan fingerprint density at radius 2 is 2.00 bits per heavy atom. The van der Waals surface area contributed by atoms with Crippen LogP contribution in [0.3, 0.4) is 0 Å². The van der Waals surface area contributed by atoms with E-state index in [1.54, 1.807) is 12.1 Å². The summed E-state index contributed by atoms with van der Waals surface area (Å²) in [5.41, 5.74) is 6.07. The molecular weight excluding hydrogens is 296 g/mol. The van der Waals surface area contributed by atoms with Gasteiger partial charge in [0.2, 0.25) is 5.91 Å². The van der Waals surface area contributed by atoms with Crippen LogP contribution < -0.4 is 10.5 Å². The van der Waals surface area contributed by atoms with Crippen LogP contribution in [0.25, 0.3) is 5.69 Å². The van der Waals surface area contributed by atoms with Gasteiger partial charge in [-0.25, -0.2) is 13.1 Å². The van der Waals surface area contributed by atoms with Crippen molar-refractivity contribution in [1.82, 2.24) is 24.9 Å². The molecule has 10 heteroatoms. The van der Waals surface area contributed by atoms with Crippen molar-refractivity contribution in [3.05, 3.63) is 30.1 Å². The van der Waals surface area contributed by atoms with Crippen molar-refractivity contribution in [1.29, 1.82) is 0 Å². The number of nitrogens with zero attached hydrogens (tertiary/aromatic N) is 4. The monoisotopic (exact) mass is 310 g/mol. The molecule has 0 unspecified atom stereocenters. The van der Waals surface area contributed by atoms with Gasteiger partial charge in [-0.2, -0.15) is 4.68 Å². The Balaban J connectivity index is 2.31. The van der Waals surface area contributed by atoms with E-state index >= 15 is 0 Å². The molecule has 3 N–H and O–H groups in total. The molecular formula is C11H14N6O3S. The smallest absolute Gasteiger partial charge is 0.264 e. The topological polar surface area (TPSA) is 133 Å². The molecule has 0 bridgehead atoms. The molecule has 0 aliphatic carbocycles. The first-order chi connectivity index (χ1) is 9.94. The quantitative estimate of drug-likeness (QED) is 0.722. The number of tetrazole rings is 1. The van der Waals surface area contributed by atoms with E-state index in [2.05, 4.69) is 15.5 Å². The summed E-state index contributed by atoms with van der Waals surface area (Å²) >= 11 is 0. The summed E-state index contributed by atoms with van der Waals surface area (Å²) in [6, 6.07) is 5.83. The molecule has 9 nitrogen and oxygen atoms in total. The van der Waals surface area contributed by atoms with Gasteiger partial charge in [0, 0.05) is 13.3 Å². The van der Waals surface area contributed by atoms with Crippen LogP contribution in [0.5, 0.6) is 0 Å². The predicted molar refractivity (Wildman–Crippen MR) is 72.9 cm³/mol. The van der Waals surface area contributed by atoms with Crippen molar-refractivity contribution in [2.75, 3.05) is 6.54 Å².